The second kappa shape index (κ2) is 5.06. The van der Waals surface area contributed by atoms with Gasteiger partial charge in [-0.25, -0.2) is 0 Å². The van der Waals surface area contributed by atoms with E-state index in [0.29, 0.717) is 17.6 Å². The van der Waals surface area contributed by atoms with Crippen molar-refractivity contribution in [1.82, 2.24) is 4.90 Å². The van der Waals surface area contributed by atoms with Crippen molar-refractivity contribution >= 4 is 5.57 Å². The minimum absolute atomic E-state index is 0.102. The molecule has 27 heavy (non-hydrogen) atoms. The summed E-state index contributed by atoms with van der Waals surface area (Å²) in [6.07, 6.45) is 6.41. The van der Waals surface area contributed by atoms with Crippen LogP contribution in [0.1, 0.15) is 36.8 Å². The zero-order valence-electron chi connectivity index (χ0n) is 15.8. The fourth-order valence-electron chi connectivity index (χ4n) is 6.49. The summed E-state index contributed by atoms with van der Waals surface area (Å²) in [4.78, 5) is 2.47. The van der Waals surface area contributed by atoms with E-state index in [1.165, 1.54) is 16.7 Å². The third kappa shape index (κ3) is 1.81. The van der Waals surface area contributed by atoms with Gasteiger partial charge in [0.2, 0.25) is 0 Å². The summed E-state index contributed by atoms with van der Waals surface area (Å²) in [5, 5.41) is 21.5. The van der Waals surface area contributed by atoms with Crippen LogP contribution in [-0.2, 0) is 4.74 Å². The van der Waals surface area contributed by atoms with Gasteiger partial charge in [0.25, 0.3) is 0 Å². The number of phenolic OH excluding ortho intramolecular Hbond substituents is 1. The fourth-order valence-corrected chi connectivity index (χ4v) is 6.49. The number of ether oxygens (including phenoxy) is 1. The van der Waals surface area contributed by atoms with Crippen LogP contribution < -0.4 is 0 Å². The minimum Gasteiger partial charge on any atom is -0.508 e. The molecule has 5 atom stereocenters. The standard InChI is InChI=1S/C23H25NO3/c1-12-8-16-21-15-9-13(25)5-6-14(15)20-17(23(16,21)10-19(12)27-2)11-24-7-3-4-18(24)22(20)26/h5-6,8-10,16,18,21-22,25-26H,3-4,7,11H2,1-2H3/t16?,18-,21?,22+,23+/m0/s1. The predicted octanol–water partition coefficient (Wildman–Crippen LogP) is 3.19. The van der Waals surface area contributed by atoms with Crippen molar-refractivity contribution in [2.45, 2.75) is 37.8 Å². The van der Waals surface area contributed by atoms with Crippen molar-refractivity contribution in [2.24, 2.45) is 11.3 Å². The van der Waals surface area contributed by atoms with Crippen LogP contribution in [0.5, 0.6) is 5.75 Å². The maximum absolute atomic E-state index is 11.4. The van der Waals surface area contributed by atoms with E-state index in [1.807, 2.05) is 12.1 Å². The van der Waals surface area contributed by atoms with Crippen molar-refractivity contribution in [1.29, 1.82) is 0 Å². The number of hydrogen-bond donors (Lipinski definition) is 2. The minimum atomic E-state index is -0.456. The molecule has 0 radical (unpaired) electrons. The number of benzene rings is 1. The largest absolute Gasteiger partial charge is 0.508 e. The number of aliphatic hydroxyl groups is 1. The molecule has 6 rings (SSSR count). The molecule has 4 nitrogen and oxygen atoms in total. The van der Waals surface area contributed by atoms with Crippen molar-refractivity contribution in [3.63, 3.8) is 0 Å². The molecule has 2 N–H and O–H groups in total. The van der Waals surface area contributed by atoms with Gasteiger partial charge in [-0.05, 0) is 78.3 Å². The Morgan fingerprint density at radius 2 is 2.15 bits per heavy atom. The van der Waals surface area contributed by atoms with E-state index in [9.17, 15) is 10.2 Å². The van der Waals surface area contributed by atoms with E-state index in [0.717, 1.165) is 42.8 Å². The van der Waals surface area contributed by atoms with Crippen molar-refractivity contribution in [2.75, 3.05) is 20.2 Å². The smallest absolute Gasteiger partial charge is 0.118 e. The summed E-state index contributed by atoms with van der Waals surface area (Å²) >= 11 is 0. The highest BCUT2D eigenvalue weighted by Crippen LogP contribution is 2.76. The lowest BCUT2D eigenvalue weighted by atomic mass is 9.72. The molecule has 2 heterocycles. The van der Waals surface area contributed by atoms with Crippen LogP contribution in [0, 0.1) is 11.3 Å². The summed E-state index contributed by atoms with van der Waals surface area (Å²) in [5.41, 5.74) is 5.90. The van der Waals surface area contributed by atoms with Crippen LogP contribution in [0.3, 0.4) is 0 Å². The molecule has 2 aliphatic heterocycles. The molecule has 140 valence electrons. The topological polar surface area (TPSA) is 52.9 Å². The Hall–Kier alpha value is -2.04. The number of hydrogen-bond acceptors (Lipinski definition) is 4. The van der Waals surface area contributed by atoms with Gasteiger partial charge in [-0.1, -0.05) is 12.1 Å². The molecule has 0 aromatic heterocycles. The fraction of sp³-hybridized carbons (Fsp3) is 0.478. The maximum atomic E-state index is 11.4. The first-order chi connectivity index (χ1) is 13.1. The first kappa shape index (κ1) is 16.0. The zero-order chi connectivity index (χ0) is 18.5. The molecule has 0 amide bonds. The number of aromatic hydroxyl groups is 1. The Kier molecular flexibility index (Phi) is 2.99. The Morgan fingerprint density at radius 3 is 2.96 bits per heavy atom. The highest BCUT2D eigenvalue weighted by atomic mass is 16.5. The van der Waals surface area contributed by atoms with Crippen LogP contribution in [0.2, 0.25) is 0 Å². The van der Waals surface area contributed by atoms with E-state index in [2.05, 4.69) is 24.0 Å². The molecule has 1 spiro atoms. The Bertz CT molecular complexity index is 958. The Morgan fingerprint density at radius 1 is 1.30 bits per heavy atom. The second-order valence-electron chi connectivity index (χ2n) is 8.79. The summed E-state index contributed by atoms with van der Waals surface area (Å²) in [6.45, 7) is 4.12. The molecular weight excluding hydrogens is 338 g/mol. The van der Waals surface area contributed by atoms with E-state index in [1.54, 1.807) is 13.2 Å². The number of methoxy groups -OCH3 is 1. The quantitative estimate of drug-likeness (QED) is 0.805. The average Bonchev–Trinajstić information content (AvgIpc) is 3.06. The molecule has 3 aliphatic carbocycles. The highest BCUT2D eigenvalue weighted by Gasteiger charge is 2.70. The van der Waals surface area contributed by atoms with Gasteiger partial charge in [0, 0.05) is 23.9 Å². The lowest BCUT2D eigenvalue weighted by molar-refractivity contribution is 0.105. The second-order valence-corrected chi connectivity index (χ2v) is 8.79. The van der Waals surface area contributed by atoms with Crippen LogP contribution in [0.15, 0.2) is 47.3 Å². The number of allylic oxidation sites excluding steroid dienone is 3. The number of nitrogens with zero attached hydrogens (tertiary/aromatic N) is 1. The van der Waals surface area contributed by atoms with Gasteiger partial charge in [-0.15, -0.1) is 0 Å². The van der Waals surface area contributed by atoms with E-state index < -0.39 is 6.10 Å². The van der Waals surface area contributed by atoms with Crippen LogP contribution in [0.4, 0.5) is 0 Å². The zero-order valence-corrected chi connectivity index (χ0v) is 15.8. The van der Waals surface area contributed by atoms with Crippen molar-refractivity contribution < 1.29 is 14.9 Å². The summed E-state index contributed by atoms with van der Waals surface area (Å²) in [5.74, 6) is 1.96. The number of aliphatic hydroxyl groups excluding tert-OH is 1. The molecular formula is C23H25NO3. The monoisotopic (exact) mass is 363 g/mol. The molecule has 4 heteroatoms. The van der Waals surface area contributed by atoms with Crippen LogP contribution in [0.25, 0.3) is 5.57 Å². The van der Waals surface area contributed by atoms with E-state index in [4.69, 9.17) is 4.74 Å². The summed E-state index contributed by atoms with van der Waals surface area (Å²) < 4.78 is 5.69. The summed E-state index contributed by atoms with van der Waals surface area (Å²) in [6, 6.07) is 5.92. The number of fused-ring (bicyclic) bond motifs is 5. The molecule has 2 fully saturated rings. The van der Waals surface area contributed by atoms with Gasteiger partial charge in [0.1, 0.15) is 11.5 Å². The predicted molar refractivity (Wildman–Crippen MR) is 103 cm³/mol. The molecule has 0 bridgehead atoms. The van der Waals surface area contributed by atoms with Crippen LogP contribution >= 0.6 is 0 Å². The number of rotatable bonds is 1. The van der Waals surface area contributed by atoms with E-state index in [-0.39, 0.29) is 11.5 Å². The molecule has 1 saturated heterocycles. The highest BCUT2D eigenvalue weighted by molar-refractivity contribution is 5.84. The van der Waals surface area contributed by atoms with Crippen molar-refractivity contribution in [3.8, 4) is 5.75 Å². The average molecular weight is 363 g/mol. The molecule has 1 aromatic carbocycles. The normalized spacial score (nSPS) is 38.8. The van der Waals surface area contributed by atoms with Crippen LogP contribution in [-0.4, -0.2) is 47.5 Å². The lowest BCUT2D eigenvalue weighted by Crippen LogP contribution is -2.47. The number of phenols is 1. The van der Waals surface area contributed by atoms with Gasteiger partial charge < -0.3 is 14.9 Å². The molecule has 5 aliphatic rings. The van der Waals surface area contributed by atoms with Gasteiger partial charge >= 0.3 is 0 Å². The van der Waals surface area contributed by atoms with Gasteiger partial charge in [-0.2, -0.15) is 0 Å². The molecule has 2 unspecified atom stereocenters. The Balaban J connectivity index is 1.62. The van der Waals surface area contributed by atoms with Gasteiger partial charge in [-0.3, -0.25) is 4.90 Å². The molecule has 1 aromatic rings. The van der Waals surface area contributed by atoms with Crippen molar-refractivity contribution in [3.05, 3.63) is 58.4 Å². The molecule has 1 saturated carbocycles. The third-order valence-corrected chi connectivity index (χ3v) is 7.67. The SMILES string of the molecule is COC1=C[C@@]23C4=C(c5ccc(O)cc5C2C3C=C1C)[C@H](O)[C@@H]1CCCN1C4. The van der Waals surface area contributed by atoms with E-state index >= 15 is 0 Å². The van der Waals surface area contributed by atoms with Gasteiger partial charge in [0.15, 0.2) is 0 Å². The third-order valence-electron chi connectivity index (χ3n) is 7.67. The lowest BCUT2D eigenvalue weighted by Gasteiger charge is -2.43. The first-order valence-electron chi connectivity index (χ1n) is 10.0. The summed E-state index contributed by atoms with van der Waals surface area (Å²) in [7, 11) is 1.74. The Labute approximate surface area is 159 Å². The maximum Gasteiger partial charge on any atom is 0.118 e. The van der Waals surface area contributed by atoms with Gasteiger partial charge in [0.05, 0.1) is 13.2 Å². The first-order valence-corrected chi connectivity index (χ1v) is 10.0.